The highest BCUT2D eigenvalue weighted by atomic mass is 32.2. The summed E-state index contributed by atoms with van der Waals surface area (Å²) in [5, 5.41) is 9.00. The fourth-order valence-corrected chi connectivity index (χ4v) is 3.13. The molecule has 104 valence electrons. The van der Waals surface area contributed by atoms with Crippen LogP contribution in [0.5, 0.6) is 0 Å². The zero-order valence-electron chi connectivity index (χ0n) is 10.3. The molecule has 1 aromatic heterocycles. The van der Waals surface area contributed by atoms with Crippen LogP contribution in [0.4, 0.5) is 0 Å². The standard InChI is InChI=1S/C12H16N2O4S/c15-12(16)11(10-1-2-10)14-19(17,18)8-5-9-3-6-13-7-4-9/h3-4,6-7,10-11,14H,1-2,5,8H2,(H,15,16). The SMILES string of the molecule is O=C(O)C(NS(=O)(=O)CCc1ccncc1)C1CC1. The van der Waals surface area contributed by atoms with Crippen LogP contribution in [0.15, 0.2) is 24.5 Å². The van der Waals surface area contributed by atoms with Crippen LogP contribution >= 0.6 is 0 Å². The number of sulfonamides is 1. The maximum atomic E-state index is 11.9. The molecule has 19 heavy (non-hydrogen) atoms. The summed E-state index contributed by atoms with van der Waals surface area (Å²) in [6.07, 6.45) is 5.07. The molecule has 0 bridgehead atoms. The molecule has 1 aromatic rings. The zero-order chi connectivity index (χ0) is 13.9. The lowest BCUT2D eigenvalue weighted by atomic mass is 10.2. The molecular weight excluding hydrogens is 268 g/mol. The minimum atomic E-state index is -3.58. The fourth-order valence-electron chi connectivity index (χ4n) is 1.83. The molecule has 1 saturated carbocycles. The summed E-state index contributed by atoms with van der Waals surface area (Å²) in [7, 11) is -3.58. The Morgan fingerprint density at radius 1 is 1.42 bits per heavy atom. The summed E-state index contributed by atoms with van der Waals surface area (Å²) in [6.45, 7) is 0. The van der Waals surface area contributed by atoms with Crippen molar-refractivity contribution in [1.82, 2.24) is 9.71 Å². The summed E-state index contributed by atoms with van der Waals surface area (Å²) in [4.78, 5) is 14.8. The van der Waals surface area contributed by atoms with Crippen LogP contribution in [0.25, 0.3) is 0 Å². The Hall–Kier alpha value is -1.47. The van der Waals surface area contributed by atoms with E-state index in [1.807, 2.05) is 0 Å². The highest BCUT2D eigenvalue weighted by molar-refractivity contribution is 7.89. The second-order valence-corrected chi connectivity index (χ2v) is 6.57. The number of rotatable bonds is 7. The number of pyridine rings is 1. The number of carboxylic acids is 1. The Balaban J connectivity index is 1.93. The van der Waals surface area contributed by atoms with Crippen LogP contribution in [0.2, 0.25) is 0 Å². The van der Waals surface area contributed by atoms with Gasteiger partial charge in [-0.1, -0.05) is 0 Å². The molecule has 1 fully saturated rings. The molecule has 7 heteroatoms. The van der Waals surface area contributed by atoms with Crippen LogP contribution in [-0.4, -0.2) is 36.3 Å². The van der Waals surface area contributed by atoms with Crippen molar-refractivity contribution in [3.8, 4) is 0 Å². The van der Waals surface area contributed by atoms with E-state index in [0.29, 0.717) is 6.42 Å². The van der Waals surface area contributed by atoms with Crippen LogP contribution < -0.4 is 4.72 Å². The van der Waals surface area contributed by atoms with Crippen LogP contribution in [-0.2, 0) is 21.2 Å². The fraction of sp³-hybridized carbons (Fsp3) is 0.500. The van der Waals surface area contributed by atoms with E-state index < -0.39 is 22.0 Å². The summed E-state index contributed by atoms with van der Waals surface area (Å²) in [6, 6.07) is 2.50. The Bertz CT molecular complexity index is 540. The van der Waals surface area contributed by atoms with E-state index in [9.17, 15) is 13.2 Å². The number of carbonyl (C=O) groups is 1. The van der Waals surface area contributed by atoms with Gasteiger partial charge in [0.1, 0.15) is 6.04 Å². The van der Waals surface area contributed by atoms with Crippen LogP contribution in [0.3, 0.4) is 0 Å². The van der Waals surface area contributed by atoms with Gasteiger partial charge in [-0.25, -0.2) is 13.1 Å². The Kier molecular flexibility index (Phi) is 4.16. The van der Waals surface area contributed by atoms with E-state index in [1.54, 1.807) is 24.5 Å². The number of aromatic nitrogens is 1. The van der Waals surface area contributed by atoms with E-state index in [0.717, 1.165) is 18.4 Å². The summed E-state index contributed by atoms with van der Waals surface area (Å²) in [5.41, 5.74) is 0.860. The van der Waals surface area contributed by atoms with Gasteiger partial charge in [-0.15, -0.1) is 0 Å². The Morgan fingerprint density at radius 3 is 2.58 bits per heavy atom. The first-order valence-corrected chi connectivity index (χ1v) is 7.75. The molecule has 1 unspecified atom stereocenters. The van der Waals surface area contributed by atoms with Crippen molar-refractivity contribution in [2.24, 2.45) is 5.92 Å². The van der Waals surface area contributed by atoms with Gasteiger partial charge in [0, 0.05) is 12.4 Å². The van der Waals surface area contributed by atoms with E-state index in [-0.39, 0.29) is 11.7 Å². The molecular formula is C12H16N2O4S. The molecule has 1 aliphatic rings. The number of aliphatic carboxylic acids is 1. The molecule has 0 aromatic carbocycles. The average Bonchev–Trinajstić information content (AvgIpc) is 3.19. The lowest BCUT2D eigenvalue weighted by Gasteiger charge is -2.13. The number of carboxylic acid groups (broad SMARTS) is 1. The van der Waals surface area contributed by atoms with Gasteiger partial charge in [-0.2, -0.15) is 0 Å². The predicted molar refractivity (Wildman–Crippen MR) is 69.0 cm³/mol. The molecule has 1 aliphatic carbocycles. The molecule has 0 radical (unpaired) electrons. The first-order chi connectivity index (χ1) is 8.98. The van der Waals surface area contributed by atoms with Gasteiger partial charge < -0.3 is 5.11 Å². The first kappa shape index (κ1) is 14.0. The van der Waals surface area contributed by atoms with Gasteiger partial charge in [0.05, 0.1) is 5.75 Å². The van der Waals surface area contributed by atoms with Gasteiger partial charge in [-0.05, 0) is 42.9 Å². The summed E-state index contributed by atoms with van der Waals surface area (Å²) in [5.74, 6) is -1.28. The van der Waals surface area contributed by atoms with Gasteiger partial charge in [0.2, 0.25) is 10.0 Å². The Morgan fingerprint density at radius 2 is 2.05 bits per heavy atom. The van der Waals surface area contributed by atoms with Crippen molar-refractivity contribution in [3.63, 3.8) is 0 Å². The van der Waals surface area contributed by atoms with Crippen molar-refractivity contribution < 1.29 is 18.3 Å². The molecule has 2 N–H and O–H groups in total. The highest BCUT2D eigenvalue weighted by Crippen LogP contribution is 2.33. The molecule has 6 nitrogen and oxygen atoms in total. The minimum absolute atomic E-state index is 0.0619. The third kappa shape index (κ3) is 4.29. The monoisotopic (exact) mass is 284 g/mol. The molecule has 1 atom stereocenters. The quantitative estimate of drug-likeness (QED) is 0.756. The van der Waals surface area contributed by atoms with Gasteiger partial charge in [0.25, 0.3) is 0 Å². The normalized spacial score (nSPS) is 17.1. The van der Waals surface area contributed by atoms with Gasteiger partial charge in [-0.3, -0.25) is 9.78 Å². The van der Waals surface area contributed by atoms with E-state index >= 15 is 0 Å². The molecule has 0 aliphatic heterocycles. The lowest BCUT2D eigenvalue weighted by Crippen LogP contribution is -2.43. The smallest absolute Gasteiger partial charge is 0.322 e. The van der Waals surface area contributed by atoms with E-state index in [2.05, 4.69) is 9.71 Å². The number of nitrogens with zero attached hydrogens (tertiary/aromatic N) is 1. The zero-order valence-corrected chi connectivity index (χ0v) is 11.1. The topological polar surface area (TPSA) is 96.4 Å². The number of aryl methyl sites for hydroxylation is 1. The maximum absolute atomic E-state index is 11.9. The largest absolute Gasteiger partial charge is 0.480 e. The minimum Gasteiger partial charge on any atom is -0.480 e. The van der Waals surface area contributed by atoms with Crippen LogP contribution in [0, 0.1) is 5.92 Å². The van der Waals surface area contributed by atoms with Gasteiger partial charge in [0.15, 0.2) is 0 Å². The molecule has 0 amide bonds. The Labute approximate surface area is 111 Å². The average molecular weight is 284 g/mol. The molecule has 0 spiro atoms. The lowest BCUT2D eigenvalue weighted by molar-refractivity contribution is -0.139. The van der Waals surface area contributed by atoms with Crippen molar-refractivity contribution in [3.05, 3.63) is 30.1 Å². The van der Waals surface area contributed by atoms with Gasteiger partial charge >= 0.3 is 5.97 Å². The van der Waals surface area contributed by atoms with Crippen molar-refractivity contribution in [2.75, 3.05) is 5.75 Å². The predicted octanol–water partition coefficient (Wildman–Crippen LogP) is 0.407. The summed E-state index contributed by atoms with van der Waals surface area (Å²) < 4.78 is 26.0. The third-order valence-corrected chi connectivity index (χ3v) is 4.43. The number of nitrogens with one attached hydrogen (secondary N) is 1. The second kappa shape index (κ2) is 5.66. The summed E-state index contributed by atoms with van der Waals surface area (Å²) >= 11 is 0. The number of hydrogen-bond donors (Lipinski definition) is 2. The van der Waals surface area contributed by atoms with Crippen molar-refractivity contribution in [1.29, 1.82) is 0 Å². The third-order valence-electron chi connectivity index (χ3n) is 3.07. The molecule has 2 rings (SSSR count). The molecule has 0 saturated heterocycles. The van der Waals surface area contributed by atoms with Crippen molar-refractivity contribution in [2.45, 2.75) is 25.3 Å². The van der Waals surface area contributed by atoms with E-state index in [4.69, 9.17) is 5.11 Å². The number of hydrogen-bond acceptors (Lipinski definition) is 4. The highest BCUT2D eigenvalue weighted by Gasteiger charge is 2.38. The second-order valence-electron chi connectivity index (χ2n) is 4.70. The van der Waals surface area contributed by atoms with E-state index in [1.165, 1.54) is 0 Å². The maximum Gasteiger partial charge on any atom is 0.322 e. The first-order valence-electron chi connectivity index (χ1n) is 6.10. The van der Waals surface area contributed by atoms with Crippen LogP contribution in [0.1, 0.15) is 18.4 Å². The van der Waals surface area contributed by atoms with Crippen molar-refractivity contribution >= 4 is 16.0 Å². The molecule has 1 heterocycles.